The Hall–Kier alpha value is -1.40. The second kappa shape index (κ2) is 6.16. The number of carbonyl (C=O) groups excluding carboxylic acids is 2. The molecule has 0 spiro atoms. The molecule has 0 saturated carbocycles. The van der Waals surface area contributed by atoms with E-state index in [1.807, 2.05) is 19.1 Å². The molecule has 1 fully saturated rings. The molecule has 0 radical (unpaired) electrons. The minimum Gasteiger partial charge on any atom is -0.469 e. The maximum Gasteiger partial charge on any atom is 0.308 e. The van der Waals surface area contributed by atoms with Crippen molar-refractivity contribution >= 4 is 23.2 Å². The largest absolute Gasteiger partial charge is 0.469 e. The molecule has 1 aromatic rings. The first kappa shape index (κ1) is 14.0. The third kappa shape index (κ3) is 3.54. The molecule has 1 aromatic heterocycles. The van der Waals surface area contributed by atoms with E-state index in [2.05, 4.69) is 4.74 Å². The van der Waals surface area contributed by atoms with Crippen LogP contribution in [0, 0.1) is 6.92 Å². The fourth-order valence-corrected chi connectivity index (χ4v) is 2.84. The normalized spacial score (nSPS) is 19.3. The molecule has 104 valence electrons. The lowest BCUT2D eigenvalue weighted by Gasteiger charge is -2.32. The maximum absolute atomic E-state index is 12.3. The third-order valence-electron chi connectivity index (χ3n) is 3.00. The van der Waals surface area contributed by atoms with Gasteiger partial charge in [0.25, 0.3) is 5.91 Å². The van der Waals surface area contributed by atoms with E-state index in [4.69, 9.17) is 4.74 Å². The van der Waals surface area contributed by atoms with E-state index in [0.29, 0.717) is 19.7 Å². The number of morpholine rings is 1. The van der Waals surface area contributed by atoms with Gasteiger partial charge in [-0.1, -0.05) is 0 Å². The number of esters is 1. The first-order valence-corrected chi connectivity index (χ1v) is 6.96. The highest BCUT2D eigenvalue weighted by Gasteiger charge is 2.27. The van der Waals surface area contributed by atoms with Crippen LogP contribution in [0.1, 0.15) is 21.0 Å². The van der Waals surface area contributed by atoms with Crippen molar-refractivity contribution in [3.8, 4) is 0 Å². The van der Waals surface area contributed by atoms with Crippen molar-refractivity contribution in [2.24, 2.45) is 0 Å². The average molecular weight is 283 g/mol. The van der Waals surface area contributed by atoms with E-state index in [9.17, 15) is 9.59 Å². The second-order valence-corrected chi connectivity index (χ2v) is 5.72. The molecule has 0 aromatic carbocycles. The Labute approximate surface area is 116 Å². The zero-order valence-corrected chi connectivity index (χ0v) is 11.9. The number of carbonyl (C=O) groups is 2. The SMILES string of the molecule is COC(=O)CC1CN(C(=O)c2ccc(C)s2)CCO1. The zero-order chi connectivity index (χ0) is 13.8. The molecule has 19 heavy (non-hydrogen) atoms. The molecule has 1 atom stereocenters. The Morgan fingerprint density at radius 3 is 2.95 bits per heavy atom. The van der Waals surface area contributed by atoms with Gasteiger partial charge in [0.15, 0.2) is 0 Å². The summed E-state index contributed by atoms with van der Waals surface area (Å²) in [6.45, 7) is 3.43. The van der Waals surface area contributed by atoms with Crippen molar-refractivity contribution in [1.82, 2.24) is 4.90 Å². The van der Waals surface area contributed by atoms with Gasteiger partial charge in [-0.05, 0) is 19.1 Å². The molecule has 2 rings (SSSR count). The summed E-state index contributed by atoms with van der Waals surface area (Å²) >= 11 is 1.49. The summed E-state index contributed by atoms with van der Waals surface area (Å²) in [5, 5.41) is 0. The molecule has 0 aliphatic carbocycles. The zero-order valence-electron chi connectivity index (χ0n) is 11.0. The van der Waals surface area contributed by atoms with Gasteiger partial charge in [-0.15, -0.1) is 11.3 Å². The molecule has 1 aliphatic rings. The molecular formula is C13H17NO4S. The first-order valence-electron chi connectivity index (χ1n) is 6.14. The predicted octanol–water partition coefficient (Wildman–Crippen LogP) is 1.46. The summed E-state index contributed by atoms with van der Waals surface area (Å²) < 4.78 is 10.1. The second-order valence-electron chi connectivity index (χ2n) is 4.43. The number of hydrogen-bond acceptors (Lipinski definition) is 5. The van der Waals surface area contributed by atoms with Gasteiger partial charge in [-0.2, -0.15) is 0 Å². The number of hydrogen-bond donors (Lipinski definition) is 0. The minimum absolute atomic E-state index is 0.0104. The molecule has 1 amide bonds. The Bertz CT molecular complexity index is 471. The van der Waals surface area contributed by atoms with E-state index in [-0.39, 0.29) is 24.4 Å². The highest BCUT2D eigenvalue weighted by molar-refractivity contribution is 7.13. The smallest absolute Gasteiger partial charge is 0.308 e. The van der Waals surface area contributed by atoms with Crippen molar-refractivity contribution in [2.75, 3.05) is 26.8 Å². The van der Waals surface area contributed by atoms with Crippen molar-refractivity contribution in [3.63, 3.8) is 0 Å². The molecule has 2 heterocycles. The van der Waals surface area contributed by atoms with Gasteiger partial charge < -0.3 is 14.4 Å². The first-order chi connectivity index (χ1) is 9.10. The number of ether oxygens (including phenoxy) is 2. The van der Waals surface area contributed by atoms with Gasteiger partial charge in [0.1, 0.15) is 0 Å². The molecule has 6 heteroatoms. The quantitative estimate of drug-likeness (QED) is 0.788. The summed E-state index contributed by atoms with van der Waals surface area (Å²) in [5.74, 6) is -0.303. The third-order valence-corrected chi connectivity index (χ3v) is 3.99. The molecule has 1 saturated heterocycles. The molecule has 0 N–H and O–H groups in total. The highest BCUT2D eigenvalue weighted by Crippen LogP contribution is 2.19. The van der Waals surface area contributed by atoms with Gasteiger partial charge >= 0.3 is 5.97 Å². The lowest BCUT2D eigenvalue weighted by Crippen LogP contribution is -2.46. The van der Waals surface area contributed by atoms with Crippen LogP contribution in [0.25, 0.3) is 0 Å². The van der Waals surface area contributed by atoms with Crippen molar-refractivity contribution in [1.29, 1.82) is 0 Å². The van der Waals surface area contributed by atoms with Gasteiger partial charge in [-0.3, -0.25) is 9.59 Å². The highest BCUT2D eigenvalue weighted by atomic mass is 32.1. The van der Waals surface area contributed by atoms with Gasteiger partial charge in [0.05, 0.1) is 31.1 Å². The summed E-state index contributed by atoms with van der Waals surface area (Å²) in [6, 6.07) is 3.78. The Kier molecular flexibility index (Phi) is 4.55. The van der Waals surface area contributed by atoms with Crippen LogP contribution in [0.15, 0.2) is 12.1 Å². The van der Waals surface area contributed by atoms with Crippen LogP contribution >= 0.6 is 11.3 Å². The number of methoxy groups -OCH3 is 1. The van der Waals surface area contributed by atoms with Gasteiger partial charge in [0.2, 0.25) is 0 Å². The number of aryl methyl sites for hydroxylation is 1. The molecule has 5 nitrogen and oxygen atoms in total. The number of nitrogens with zero attached hydrogens (tertiary/aromatic N) is 1. The van der Waals surface area contributed by atoms with E-state index in [1.165, 1.54) is 18.4 Å². The van der Waals surface area contributed by atoms with Crippen molar-refractivity contribution < 1.29 is 19.1 Å². The van der Waals surface area contributed by atoms with Gasteiger partial charge in [0, 0.05) is 18.0 Å². The molecular weight excluding hydrogens is 266 g/mol. The van der Waals surface area contributed by atoms with Gasteiger partial charge in [-0.25, -0.2) is 0 Å². The summed E-state index contributed by atoms with van der Waals surface area (Å²) in [6.07, 6.45) is -0.0878. The van der Waals surface area contributed by atoms with Crippen LogP contribution in [-0.2, 0) is 14.3 Å². The van der Waals surface area contributed by atoms with E-state index in [1.54, 1.807) is 4.90 Å². The average Bonchev–Trinajstić information content (AvgIpc) is 2.84. The van der Waals surface area contributed by atoms with Crippen LogP contribution < -0.4 is 0 Å². The fraction of sp³-hybridized carbons (Fsp3) is 0.538. The predicted molar refractivity (Wildman–Crippen MR) is 71.3 cm³/mol. The summed E-state index contributed by atoms with van der Waals surface area (Å²) in [4.78, 5) is 27.1. The molecule has 1 aliphatic heterocycles. The number of thiophene rings is 1. The molecule has 0 bridgehead atoms. The Balaban J connectivity index is 1.97. The Morgan fingerprint density at radius 1 is 1.53 bits per heavy atom. The summed E-state index contributed by atoms with van der Waals surface area (Å²) in [7, 11) is 1.35. The molecule has 1 unspecified atom stereocenters. The maximum atomic E-state index is 12.3. The van der Waals surface area contributed by atoms with Crippen LogP contribution in [0.2, 0.25) is 0 Å². The van der Waals surface area contributed by atoms with Crippen LogP contribution in [0.5, 0.6) is 0 Å². The van der Waals surface area contributed by atoms with E-state index in [0.717, 1.165) is 9.75 Å². The number of amides is 1. The lowest BCUT2D eigenvalue weighted by molar-refractivity contribution is -0.145. The Morgan fingerprint density at radius 2 is 2.32 bits per heavy atom. The fourth-order valence-electron chi connectivity index (χ4n) is 2.00. The number of rotatable bonds is 3. The minimum atomic E-state index is -0.314. The lowest BCUT2D eigenvalue weighted by atomic mass is 10.2. The standard InChI is InChI=1S/C13H17NO4S/c1-9-3-4-11(19-9)13(16)14-5-6-18-10(8-14)7-12(15)17-2/h3-4,10H,5-8H2,1-2H3. The van der Waals surface area contributed by atoms with Crippen molar-refractivity contribution in [2.45, 2.75) is 19.4 Å². The van der Waals surface area contributed by atoms with Crippen LogP contribution in [0.3, 0.4) is 0 Å². The van der Waals surface area contributed by atoms with Crippen LogP contribution in [0.4, 0.5) is 0 Å². The van der Waals surface area contributed by atoms with E-state index >= 15 is 0 Å². The van der Waals surface area contributed by atoms with Crippen molar-refractivity contribution in [3.05, 3.63) is 21.9 Å². The van der Waals surface area contributed by atoms with Crippen LogP contribution in [-0.4, -0.2) is 49.7 Å². The summed E-state index contributed by atoms with van der Waals surface area (Å²) in [5.41, 5.74) is 0. The topological polar surface area (TPSA) is 55.8 Å². The monoisotopic (exact) mass is 283 g/mol. The van der Waals surface area contributed by atoms with E-state index < -0.39 is 0 Å².